The Morgan fingerprint density at radius 3 is 2.31 bits per heavy atom. The largest absolute Gasteiger partial charge is 0.598 e. The molecule has 0 saturated heterocycles. The van der Waals surface area contributed by atoms with Gasteiger partial charge in [0.15, 0.2) is 11.6 Å². The van der Waals surface area contributed by atoms with Crippen molar-refractivity contribution in [3.05, 3.63) is 59.4 Å². The number of rotatable bonds is 6. The summed E-state index contributed by atoms with van der Waals surface area (Å²) in [5, 5.41) is 0. The lowest BCUT2D eigenvalue weighted by Gasteiger charge is -2.18. The number of esters is 1. The zero-order valence-corrected chi connectivity index (χ0v) is 14.0. The summed E-state index contributed by atoms with van der Waals surface area (Å²) in [5.74, 6) is -3.08. The van der Waals surface area contributed by atoms with E-state index >= 15 is 0 Å². The van der Waals surface area contributed by atoms with E-state index < -0.39 is 36.4 Å². The van der Waals surface area contributed by atoms with E-state index in [2.05, 4.69) is 4.74 Å². The highest BCUT2D eigenvalue weighted by Gasteiger charge is 2.40. The second kappa shape index (κ2) is 7.72. The summed E-state index contributed by atoms with van der Waals surface area (Å²) in [6.45, 7) is 0. The molecular weight excluding hydrogens is 348 g/mol. The summed E-state index contributed by atoms with van der Waals surface area (Å²) in [6.07, 6.45) is 0.342. The number of hydrogen-bond donors (Lipinski definition) is 0. The van der Waals surface area contributed by atoms with Crippen molar-refractivity contribution in [1.82, 2.24) is 0 Å². The monoisotopic (exact) mass is 364 g/mol. The number of methoxy groups -OCH3 is 1. The van der Waals surface area contributed by atoms with Gasteiger partial charge in [0, 0.05) is 18.3 Å². The van der Waals surface area contributed by atoms with E-state index in [1.807, 2.05) is 0 Å². The van der Waals surface area contributed by atoms with Crippen molar-refractivity contribution in [2.45, 2.75) is 25.1 Å². The molecule has 0 aromatic heterocycles. The van der Waals surface area contributed by atoms with Crippen LogP contribution in [0.3, 0.4) is 0 Å². The van der Waals surface area contributed by atoms with Gasteiger partial charge >= 0.3 is 13.1 Å². The van der Waals surface area contributed by atoms with Crippen LogP contribution >= 0.6 is 0 Å². The standard InChI is InChI=1S/C18H16BF3O4/c1-24-18(23)7-6-12(8-11-9-14(21)15(22)10-13(11)20)19-25-16-4-2-3-5-17(16)26-19/h2-5,9-10,12H,6-8H2,1H3. The molecule has 2 aromatic rings. The SMILES string of the molecule is COC(=O)CCC(Cc1cc(F)c(F)cc1F)B1Oc2ccccc2O1. The smallest absolute Gasteiger partial charge is 0.523 e. The van der Waals surface area contributed by atoms with E-state index in [0.29, 0.717) is 17.6 Å². The second-order valence-electron chi connectivity index (χ2n) is 5.99. The van der Waals surface area contributed by atoms with Gasteiger partial charge in [0.25, 0.3) is 0 Å². The highest BCUT2D eigenvalue weighted by atomic mass is 19.2. The number of carbonyl (C=O) groups excluding carboxylic acids is 1. The lowest BCUT2D eigenvalue weighted by Crippen LogP contribution is -2.33. The van der Waals surface area contributed by atoms with Crippen LogP contribution in [0.15, 0.2) is 36.4 Å². The van der Waals surface area contributed by atoms with Gasteiger partial charge in [-0.25, -0.2) is 13.2 Å². The summed E-state index contributed by atoms with van der Waals surface area (Å²) < 4.78 is 56.8. The van der Waals surface area contributed by atoms with Gasteiger partial charge < -0.3 is 14.0 Å². The van der Waals surface area contributed by atoms with Crippen molar-refractivity contribution in [1.29, 1.82) is 0 Å². The van der Waals surface area contributed by atoms with E-state index in [9.17, 15) is 18.0 Å². The zero-order valence-electron chi connectivity index (χ0n) is 14.0. The Labute approximate surface area is 149 Å². The Bertz CT molecular complexity index is 790. The van der Waals surface area contributed by atoms with Crippen molar-refractivity contribution < 1.29 is 32.0 Å². The Morgan fingerprint density at radius 2 is 1.69 bits per heavy atom. The molecule has 1 atom stereocenters. The molecule has 0 bridgehead atoms. The minimum atomic E-state index is -1.25. The molecule has 0 spiro atoms. The number of carbonyl (C=O) groups is 1. The Kier molecular flexibility index (Phi) is 5.39. The number of hydrogen-bond acceptors (Lipinski definition) is 4. The zero-order chi connectivity index (χ0) is 18.7. The normalized spacial score (nSPS) is 13.6. The summed E-state index contributed by atoms with van der Waals surface area (Å²) in [4.78, 5) is 11.5. The molecule has 0 amide bonds. The number of fused-ring (bicyclic) bond motifs is 1. The molecule has 1 aliphatic rings. The van der Waals surface area contributed by atoms with Gasteiger partial charge in [0.05, 0.1) is 7.11 Å². The van der Waals surface area contributed by atoms with Crippen LogP contribution in [0.4, 0.5) is 13.2 Å². The molecule has 1 heterocycles. The van der Waals surface area contributed by atoms with Crippen molar-refractivity contribution >= 4 is 13.1 Å². The molecule has 0 fully saturated rings. The lowest BCUT2D eigenvalue weighted by molar-refractivity contribution is -0.140. The molecule has 0 saturated carbocycles. The van der Waals surface area contributed by atoms with Crippen molar-refractivity contribution in [2.75, 3.05) is 7.11 Å². The van der Waals surface area contributed by atoms with E-state index in [4.69, 9.17) is 9.31 Å². The third kappa shape index (κ3) is 3.95. The molecule has 0 aliphatic carbocycles. The van der Waals surface area contributed by atoms with Gasteiger partial charge in [0.1, 0.15) is 17.3 Å². The average Bonchev–Trinajstić information content (AvgIpc) is 3.06. The fraction of sp³-hybridized carbons (Fsp3) is 0.278. The number of halogens is 3. The first-order valence-electron chi connectivity index (χ1n) is 8.10. The van der Waals surface area contributed by atoms with Crippen molar-refractivity contribution in [3.8, 4) is 11.5 Å². The third-order valence-corrected chi connectivity index (χ3v) is 4.24. The maximum Gasteiger partial charge on any atom is 0.598 e. The summed E-state index contributed by atoms with van der Waals surface area (Å²) >= 11 is 0. The second-order valence-corrected chi connectivity index (χ2v) is 5.99. The number of para-hydroxylation sites is 2. The van der Waals surface area contributed by atoms with Crippen LogP contribution in [0, 0.1) is 17.5 Å². The molecule has 0 N–H and O–H groups in total. The van der Waals surface area contributed by atoms with Crippen LogP contribution in [0.5, 0.6) is 11.5 Å². The summed E-state index contributed by atoms with van der Waals surface area (Å²) in [7, 11) is 0.495. The maximum absolute atomic E-state index is 14.0. The molecule has 1 aliphatic heterocycles. The average molecular weight is 364 g/mol. The van der Waals surface area contributed by atoms with Gasteiger partial charge in [-0.2, -0.15) is 0 Å². The summed E-state index contributed by atoms with van der Waals surface area (Å²) in [6, 6.07) is 8.34. The predicted molar refractivity (Wildman–Crippen MR) is 88.5 cm³/mol. The molecule has 2 aromatic carbocycles. The van der Waals surface area contributed by atoms with Gasteiger partial charge in [-0.15, -0.1) is 0 Å². The first kappa shape index (κ1) is 18.2. The van der Waals surface area contributed by atoms with Crippen LogP contribution in [0.1, 0.15) is 18.4 Å². The molecule has 136 valence electrons. The Hall–Kier alpha value is -2.64. The van der Waals surface area contributed by atoms with Gasteiger partial charge in [-0.05, 0) is 36.6 Å². The van der Waals surface area contributed by atoms with Crippen LogP contribution in [-0.2, 0) is 16.0 Å². The molecular formula is C18H16BF3O4. The molecule has 0 radical (unpaired) electrons. The van der Waals surface area contributed by atoms with Gasteiger partial charge in [-0.1, -0.05) is 12.1 Å². The predicted octanol–water partition coefficient (Wildman–Crippen LogP) is 3.93. The third-order valence-electron chi connectivity index (χ3n) is 4.24. The fourth-order valence-electron chi connectivity index (χ4n) is 2.85. The van der Waals surface area contributed by atoms with Gasteiger partial charge in [0.2, 0.25) is 0 Å². The molecule has 8 heteroatoms. The van der Waals surface area contributed by atoms with Crippen LogP contribution in [0.25, 0.3) is 0 Å². The number of benzene rings is 2. The van der Waals surface area contributed by atoms with E-state index in [-0.39, 0.29) is 24.8 Å². The van der Waals surface area contributed by atoms with Crippen molar-refractivity contribution in [3.63, 3.8) is 0 Å². The molecule has 3 rings (SSSR count). The van der Waals surface area contributed by atoms with E-state index in [0.717, 1.165) is 6.07 Å². The molecule has 1 unspecified atom stereocenters. The fourth-order valence-corrected chi connectivity index (χ4v) is 2.85. The highest BCUT2D eigenvalue weighted by molar-refractivity contribution is 6.49. The van der Waals surface area contributed by atoms with Crippen LogP contribution < -0.4 is 9.31 Å². The quantitative estimate of drug-likeness (QED) is 0.443. The molecule has 4 nitrogen and oxygen atoms in total. The van der Waals surface area contributed by atoms with Crippen LogP contribution in [0.2, 0.25) is 5.82 Å². The minimum Gasteiger partial charge on any atom is -0.523 e. The highest BCUT2D eigenvalue weighted by Crippen LogP contribution is 2.38. The minimum absolute atomic E-state index is 0.0121. The van der Waals surface area contributed by atoms with Crippen molar-refractivity contribution in [2.24, 2.45) is 0 Å². The molecule has 26 heavy (non-hydrogen) atoms. The summed E-state index contributed by atoms with van der Waals surface area (Å²) in [5.41, 5.74) is -0.0121. The van der Waals surface area contributed by atoms with E-state index in [1.165, 1.54) is 7.11 Å². The van der Waals surface area contributed by atoms with Gasteiger partial charge in [-0.3, -0.25) is 4.79 Å². The first-order valence-corrected chi connectivity index (χ1v) is 8.10. The topological polar surface area (TPSA) is 44.8 Å². The lowest BCUT2D eigenvalue weighted by atomic mass is 9.66. The number of ether oxygens (including phenoxy) is 1. The van der Waals surface area contributed by atoms with E-state index in [1.54, 1.807) is 24.3 Å². The maximum atomic E-state index is 14.0. The van der Waals surface area contributed by atoms with Crippen LogP contribution in [-0.4, -0.2) is 20.2 Å². The Balaban J connectivity index is 1.80. The first-order chi connectivity index (χ1) is 12.5. The Morgan fingerprint density at radius 1 is 1.08 bits per heavy atom.